The Labute approximate surface area is 119 Å². The number of cyclic esters (lactones) is 1. The first-order chi connectivity index (χ1) is 9.86. The summed E-state index contributed by atoms with van der Waals surface area (Å²) in [6.07, 6.45) is 5.09. The third-order valence-electron chi connectivity index (χ3n) is 3.51. The van der Waals surface area contributed by atoms with Gasteiger partial charge >= 0.3 is 11.9 Å². The summed E-state index contributed by atoms with van der Waals surface area (Å²) in [4.78, 5) is 35.4. The molecule has 0 aliphatic carbocycles. The predicted octanol–water partition coefficient (Wildman–Crippen LogP) is -0.166. The number of aliphatic hydroxyl groups is 1. The van der Waals surface area contributed by atoms with E-state index in [9.17, 15) is 24.6 Å². The number of carboxylic acid groups (broad SMARTS) is 1. The summed E-state index contributed by atoms with van der Waals surface area (Å²) < 4.78 is 5.72. The van der Waals surface area contributed by atoms with Crippen LogP contribution in [0.1, 0.15) is 35.0 Å². The highest BCUT2D eigenvalue weighted by molar-refractivity contribution is 5.88. The number of carboxylic acids is 1. The van der Waals surface area contributed by atoms with Crippen LogP contribution >= 0.6 is 0 Å². The Morgan fingerprint density at radius 2 is 2.24 bits per heavy atom. The van der Waals surface area contributed by atoms with E-state index < -0.39 is 23.1 Å². The second kappa shape index (κ2) is 5.07. The Morgan fingerprint density at radius 1 is 1.57 bits per heavy atom. The van der Waals surface area contributed by atoms with E-state index in [-0.39, 0.29) is 36.4 Å². The molecule has 0 spiro atoms. The lowest BCUT2D eigenvalue weighted by Gasteiger charge is -2.31. The maximum atomic E-state index is 12.3. The molecule has 0 saturated heterocycles. The molecule has 21 heavy (non-hydrogen) atoms. The average Bonchev–Trinajstić information content (AvgIpc) is 2.45. The van der Waals surface area contributed by atoms with E-state index in [1.807, 2.05) is 0 Å². The quantitative estimate of drug-likeness (QED) is 0.592. The van der Waals surface area contributed by atoms with Gasteiger partial charge in [0.15, 0.2) is 5.60 Å². The molecule has 110 valence electrons. The molecule has 7 heteroatoms. The molecule has 1 aromatic rings. The number of terminal acetylenes is 1. The van der Waals surface area contributed by atoms with Gasteiger partial charge in [0.2, 0.25) is 0 Å². The van der Waals surface area contributed by atoms with Gasteiger partial charge in [0, 0.05) is 5.56 Å². The van der Waals surface area contributed by atoms with Crippen molar-refractivity contribution in [3.05, 3.63) is 33.2 Å². The lowest BCUT2D eigenvalue weighted by atomic mass is 9.86. The molecule has 0 fully saturated rings. The van der Waals surface area contributed by atoms with Crippen LogP contribution in [0.25, 0.3) is 0 Å². The van der Waals surface area contributed by atoms with Gasteiger partial charge in [-0.1, -0.05) is 12.8 Å². The minimum absolute atomic E-state index is 0.0306. The normalized spacial score (nSPS) is 20.3. The van der Waals surface area contributed by atoms with Crippen LogP contribution in [0, 0.1) is 12.3 Å². The second-order valence-corrected chi connectivity index (χ2v) is 4.61. The summed E-state index contributed by atoms with van der Waals surface area (Å²) >= 11 is 0. The number of nitrogens with zero attached hydrogens (tertiary/aromatic N) is 1. The topological polar surface area (TPSA) is 106 Å². The lowest BCUT2D eigenvalue weighted by molar-refractivity contribution is -0.172. The van der Waals surface area contributed by atoms with Gasteiger partial charge in [0.1, 0.15) is 12.3 Å². The van der Waals surface area contributed by atoms with Crippen LogP contribution in [0.5, 0.6) is 0 Å². The molecule has 0 radical (unpaired) electrons. The number of pyridine rings is 1. The van der Waals surface area contributed by atoms with E-state index in [2.05, 4.69) is 5.92 Å². The van der Waals surface area contributed by atoms with Crippen molar-refractivity contribution in [1.29, 1.82) is 0 Å². The zero-order valence-corrected chi connectivity index (χ0v) is 11.3. The highest BCUT2D eigenvalue weighted by Gasteiger charge is 2.44. The maximum absolute atomic E-state index is 12.3. The SMILES string of the molecule is C#CCn1c(C(=O)O)cc2c(c1=O)COC(=O)[C@]2(O)CC. The largest absolute Gasteiger partial charge is 0.477 e. The van der Waals surface area contributed by atoms with Crippen molar-refractivity contribution < 1.29 is 24.5 Å². The molecule has 2 rings (SSSR count). The highest BCUT2D eigenvalue weighted by atomic mass is 16.6. The van der Waals surface area contributed by atoms with E-state index in [1.54, 1.807) is 0 Å². The molecular weight excluding hydrogens is 278 g/mol. The Hall–Kier alpha value is -2.59. The van der Waals surface area contributed by atoms with Crippen LogP contribution in [0.15, 0.2) is 10.9 Å². The van der Waals surface area contributed by atoms with Crippen molar-refractivity contribution in [3.63, 3.8) is 0 Å². The number of fused-ring (bicyclic) bond motifs is 1. The second-order valence-electron chi connectivity index (χ2n) is 4.61. The van der Waals surface area contributed by atoms with Crippen LogP contribution in [-0.4, -0.2) is 26.7 Å². The van der Waals surface area contributed by atoms with Crippen LogP contribution in [0.2, 0.25) is 0 Å². The molecule has 0 saturated carbocycles. The fourth-order valence-corrected chi connectivity index (χ4v) is 2.33. The van der Waals surface area contributed by atoms with Gasteiger partial charge in [0.05, 0.1) is 12.1 Å². The summed E-state index contributed by atoms with van der Waals surface area (Å²) in [6.45, 7) is 0.982. The Kier molecular flexibility index (Phi) is 3.58. The van der Waals surface area contributed by atoms with Crippen molar-refractivity contribution in [2.24, 2.45) is 0 Å². The van der Waals surface area contributed by atoms with Crippen molar-refractivity contribution in [2.45, 2.75) is 32.1 Å². The Balaban J connectivity index is 2.83. The number of hydrogen-bond donors (Lipinski definition) is 2. The van der Waals surface area contributed by atoms with Crippen LogP contribution in [-0.2, 0) is 28.3 Å². The zero-order valence-electron chi connectivity index (χ0n) is 11.3. The number of ether oxygens (including phenoxy) is 1. The summed E-state index contributed by atoms with van der Waals surface area (Å²) in [5, 5.41) is 19.6. The first-order valence-electron chi connectivity index (χ1n) is 6.20. The molecule has 2 N–H and O–H groups in total. The third-order valence-corrected chi connectivity index (χ3v) is 3.51. The highest BCUT2D eigenvalue weighted by Crippen LogP contribution is 2.33. The van der Waals surface area contributed by atoms with E-state index in [0.29, 0.717) is 0 Å². The number of carbonyl (C=O) groups excluding carboxylic acids is 1. The standard InChI is InChI=1S/C14H13NO6/c1-3-5-15-10(12(17)18)6-9-8(11(15)16)7-21-13(19)14(9,20)4-2/h1,6,20H,4-5,7H2,2H3,(H,17,18)/t14-/m0/s1. The molecule has 1 aliphatic heterocycles. The fourth-order valence-electron chi connectivity index (χ4n) is 2.33. The summed E-state index contributed by atoms with van der Waals surface area (Å²) in [7, 11) is 0. The average molecular weight is 291 g/mol. The molecule has 0 unspecified atom stereocenters. The van der Waals surface area contributed by atoms with Crippen molar-refractivity contribution in [1.82, 2.24) is 4.57 Å². The van der Waals surface area contributed by atoms with E-state index >= 15 is 0 Å². The van der Waals surface area contributed by atoms with Gasteiger partial charge in [-0.15, -0.1) is 6.42 Å². The van der Waals surface area contributed by atoms with Crippen molar-refractivity contribution >= 4 is 11.9 Å². The van der Waals surface area contributed by atoms with Gasteiger partial charge in [-0.3, -0.25) is 9.36 Å². The summed E-state index contributed by atoms with van der Waals surface area (Å²) in [5.74, 6) is -0.0729. The van der Waals surface area contributed by atoms with E-state index in [1.165, 1.54) is 6.92 Å². The number of aromatic carboxylic acids is 1. The summed E-state index contributed by atoms with van der Waals surface area (Å²) in [6, 6.07) is 1.11. The third kappa shape index (κ3) is 2.10. The Bertz CT molecular complexity index is 726. The van der Waals surface area contributed by atoms with Gasteiger partial charge in [-0.2, -0.15) is 0 Å². The Morgan fingerprint density at radius 3 is 2.76 bits per heavy atom. The minimum atomic E-state index is -2.02. The van der Waals surface area contributed by atoms with Gasteiger partial charge in [-0.05, 0) is 12.5 Å². The number of esters is 1. The molecule has 0 aromatic carbocycles. The van der Waals surface area contributed by atoms with E-state index in [4.69, 9.17) is 11.2 Å². The zero-order chi connectivity index (χ0) is 15.8. The number of aromatic nitrogens is 1. The van der Waals surface area contributed by atoms with Crippen molar-refractivity contribution in [2.75, 3.05) is 0 Å². The molecule has 7 nitrogen and oxygen atoms in total. The summed E-state index contributed by atoms with van der Waals surface area (Å²) in [5.41, 5.74) is -3.07. The van der Waals surface area contributed by atoms with Crippen LogP contribution in [0.4, 0.5) is 0 Å². The first-order valence-corrected chi connectivity index (χ1v) is 6.20. The fraction of sp³-hybridized carbons (Fsp3) is 0.357. The number of hydrogen-bond acceptors (Lipinski definition) is 5. The predicted molar refractivity (Wildman–Crippen MR) is 70.5 cm³/mol. The molecular formula is C14H13NO6. The smallest absolute Gasteiger partial charge is 0.352 e. The molecule has 0 amide bonds. The van der Waals surface area contributed by atoms with Gasteiger partial charge in [0.25, 0.3) is 5.56 Å². The molecule has 1 aromatic heterocycles. The number of carbonyl (C=O) groups is 2. The lowest BCUT2D eigenvalue weighted by Crippen LogP contribution is -2.45. The monoisotopic (exact) mass is 291 g/mol. The molecule has 0 bridgehead atoms. The van der Waals surface area contributed by atoms with Gasteiger partial charge in [-0.25, -0.2) is 9.59 Å². The number of rotatable bonds is 3. The molecule has 1 aliphatic rings. The van der Waals surface area contributed by atoms with E-state index in [0.717, 1.165) is 10.6 Å². The van der Waals surface area contributed by atoms with Crippen LogP contribution < -0.4 is 5.56 Å². The first kappa shape index (κ1) is 14.8. The molecule has 1 atom stereocenters. The minimum Gasteiger partial charge on any atom is -0.477 e. The molecule has 2 heterocycles. The van der Waals surface area contributed by atoms with Crippen LogP contribution in [0.3, 0.4) is 0 Å². The maximum Gasteiger partial charge on any atom is 0.352 e. The van der Waals surface area contributed by atoms with Gasteiger partial charge < -0.3 is 14.9 Å². The van der Waals surface area contributed by atoms with Crippen molar-refractivity contribution in [3.8, 4) is 12.3 Å².